The largest absolute Gasteiger partial charge is 0.384 e. The second kappa shape index (κ2) is 6.24. The molecule has 0 aromatic heterocycles. The zero-order valence-electron chi connectivity index (χ0n) is 12.7. The first-order valence-corrected chi connectivity index (χ1v) is 7.41. The van der Waals surface area contributed by atoms with Gasteiger partial charge < -0.3 is 10.6 Å². The van der Waals surface area contributed by atoms with E-state index in [9.17, 15) is 4.79 Å². The molecule has 2 aliphatic heterocycles. The second-order valence-corrected chi connectivity index (χ2v) is 6.23. The number of hydrogen-bond donors (Lipinski definition) is 2. The first-order valence-electron chi connectivity index (χ1n) is 7.41. The molecule has 3 rings (SSSR count). The van der Waals surface area contributed by atoms with Crippen molar-refractivity contribution in [3.05, 3.63) is 29.3 Å². The van der Waals surface area contributed by atoms with E-state index < -0.39 is 0 Å². The van der Waals surface area contributed by atoms with Gasteiger partial charge in [0.15, 0.2) is 0 Å². The third-order valence-electron chi connectivity index (χ3n) is 4.65. The van der Waals surface area contributed by atoms with Gasteiger partial charge in [0.1, 0.15) is 0 Å². The van der Waals surface area contributed by atoms with Crippen LogP contribution in [0.2, 0.25) is 0 Å². The highest BCUT2D eigenvalue weighted by molar-refractivity contribution is 5.85. The zero-order valence-corrected chi connectivity index (χ0v) is 13.6. The minimum atomic E-state index is -0.236. The highest BCUT2D eigenvalue weighted by atomic mass is 35.5. The van der Waals surface area contributed by atoms with Crippen molar-refractivity contribution in [1.29, 1.82) is 0 Å². The predicted molar refractivity (Wildman–Crippen MR) is 88.0 cm³/mol. The molecule has 2 N–H and O–H groups in total. The van der Waals surface area contributed by atoms with E-state index >= 15 is 0 Å². The van der Waals surface area contributed by atoms with Crippen LogP contribution in [0.3, 0.4) is 0 Å². The number of hydrogen-bond acceptors (Lipinski definition) is 3. The fraction of sp³-hybridized carbons (Fsp3) is 0.562. The lowest BCUT2D eigenvalue weighted by Gasteiger charge is -2.23. The van der Waals surface area contributed by atoms with Gasteiger partial charge >= 0.3 is 0 Å². The Bertz CT molecular complexity index is 534. The molecule has 0 aliphatic carbocycles. The van der Waals surface area contributed by atoms with E-state index in [-0.39, 0.29) is 23.7 Å². The molecule has 0 saturated carbocycles. The SMILES string of the molecule is CNC(=O)C1(C)CCN(Cc2cccc3c2NCC3)C1.Cl. The summed E-state index contributed by atoms with van der Waals surface area (Å²) in [7, 11) is 1.73. The van der Waals surface area contributed by atoms with Crippen molar-refractivity contribution in [3.63, 3.8) is 0 Å². The first-order chi connectivity index (χ1) is 9.62. The molecule has 1 atom stereocenters. The highest BCUT2D eigenvalue weighted by Crippen LogP contribution is 2.33. The molecule has 0 bridgehead atoms. The number of carbonyl (C=O) groups excluding carboxylic acids is 1. The Hall–Kier alpha value is -1.26. The quantitative estimate of drug-likeness (QED) is 0.898. The topological polar surface area (TPSA) is 44.4 Å². The number of anilines is 1. The molecule has 2 heterocycles. The lowest BCUT2D eigenvalue weighted by atomic mass is 9.89. The number of para-hydroxylation sites is 1. The van der Waals surface area contributed by atoms with Crippen molar-refractivity contribution in [3.8, 4) is 0 Å². The molecule has 0 radical (unpaired) electrons. The van der Waals surface area contributed by atoms with E-state index in [2.05, 4.69) is 40.7 Å². The summed E-state index contributed by atoms with van der Waals surface area (Å²) in [4.78, 5) is 14.4. The van der Waals surface area contributed by atoms with Crippen molar-refractivity contribution in [1.82, 2.24) is 10.2 Å². The minimum absolute atomic E-state index is 0. The average Bonchev–Trinajstić information content (AvgIpc) is 3.06. The standard InChI is InChI=1S/C16H23N3O.ClH/c1-16(15(20)17-2)7-9-19(11-16)10-13-5-3-4-12-6-8-18-14(12)13;/h3-5,18H,6-11H2,1-2H3,(H,17,20);1H. The van der Waals surface area contributed by atoms with Crippen molar-refractivity contribution in [2.24, 2.45) is 5.41 Å². The minimum Gasteiger partial charge on any atom is -0.384 e. The number of carbonyl (C=O) groups is 1. The summed E-state index contributed by atoms with van der Waals surface area (Å²) in [6.45, 7) is 5.88. The smallest absolute Gasteiger partial charge is 0.227 e. The van der Waals surface area contributed by atoms with Crippen LogP contribution in [0.15, 0.2) is 18.2 Å². The van der Waals surface area contributed by atoms with Crippen LogP contribution < -0.4 is 10.6 Å². The molecule has 4 nitrogen and oxygen atoms in total. The molecular weight excluding hydrogens is 286 g/mol. The van der Waals surface area contributed by atoms with Gasteiger partial charge in [0.2, 0.25) is 5.91 Å². The van der Waals surface area contributed by atoms with Crippen molar-refractivity contribution in [2.75, 3.05) is 32.0 Å². The maximum atomic E-state index is 12.0. The van der Waals surface area contributed by atoms with Gasteiger partial charge in [0.25, 0.3) is 0 Å². The molecule has 1 aromatic carbocycles. The lowest BCUT2D eigenvalue weighted by molar-refractivity contribution is -0.129. The Balaban J connectivity index is 0.00000161. The van der Waals surface area contributed by atoms with Crippen LogP contribution in [-0.2, 0) is 17.8 Å². The summed E-state index contributed by atoms with van der Waals surface area (Å²) in [5.41, 5.74) is 3.87. The van der Waals surface area contributed by atoms with Crippen LogP contribution in [0.1, 0.15) is 24.5 Å². The van der Waals surface area contributed by atoms with Crippen LogP contribution in [0.4, 0.5) is 5.69 Å². The van der Waals surface area contributed by atoms with Crippen LogP contribution in [0.25, 0.3) is 0 Å². The van der Waals surface area contributed by atoms with Crippen LogP contribution in [0.5, 0.6) is 0 Å². The van der Waals surface area contributed by atoms with Gasteiger partial charge in [-0.3, -0.25) is 9.69 Å². The number of halogens is 1. The number of nitrogens with zero attached hydrogens (tertiary/aromatic N) is 1. The molecule has 116 valence electrons. The molecule has 1 unspecified atom stereocenters. The third-order valence-corrected chi connectivity index (χ3v) is 4.65. The Morgan fingerprint density at radius 3 is 3.05 bits per heavy atom. The normalized spacial score (nSPS) is 24.1. The number of nitrogens with one attached hydrogen (secondary N) is 2. The van der Waals surface area contributed by atoms with Gasteiger partial charge in [0, 0.05) is 32.4 Å². The summed E-state index contributed by atoms with van der Waals surface area (Å²) >= 11 is 0. The molecule has 1 aromatic rings. The summed E-state index contributed by atoms with van der Waals surface area (Å²) in [5.74, 6) is 0.163. The Morgan fingerprint density at radius 1 is 1.48 bits per heavy atom. The number of fused-ring (bicyclic) bond motifs is 1. The number of amides is 1. The maximum absolute atomic E-state index is 12.0. The highest BCUT2D eigenvalue weighted by Gasteiger charge is 2.39. The van der Waals surface area contributed by atoms with E-state index in [1.807, 2.05) is 0 Å². The van der Waals surface area contributed by atoms with E-state index in [0.717, 1.165) is 39.0 Å². The second-order valence-electron chi connectivity index (χ2n) is 6.23. The van der Waals surface area contributed by atoms with E-state index in [4.69, 9.17) is 0 Å². The van der Waals surface area contributed by atoms with Crippen LogP contribution in [-0.4, -0.2) is 37.5 Å². The number of rotatable bonds is 3. The van der Waals surface area contributed by atoms with E-state index in [1.165, 1.54) is 16.8 Å². The third kappa shape index (κ3) is 3.01. The van der Waals surface area contributed by atoms with Crippen LogP contribution >= 0.6 is 12.4 Å². The molecule has 2 aliphatic rings. The molecular formula is C16H24ClN3O. The Labute approximate surface area is 132 Å². The Kier molecular flexibility index (Phi) is 4.79. The molecule has 5 heteroatoms. The molecule has 0 spiro atoms. The fourth-order valence-corrected chi connectivity index (χ4v) is 3.46. The first kappa shape index (κ1) is 16.1. The van der Waals surface area contributed by atoms with Gasteiger partial charge in [-0.2, -0.15) is 0 Å². The summed E-state index contributed by atoms with van der Waals surface area (Å²) in [6, 6.07) is 6.55. The van der Waals surface area contributed by atoms with Gasteiger partial charge in [-0.25, -0.2) is 0 Å². The monoisotopic (exact) mass is 309 g/mol. The zero-order chi connectivity index (χ0) is 14.2. The predicted octanol–water partition coefficient (Wildman–Crippen LogP) is 2.03. The summed E-state index contributed by atoms with van der Waals surface area (Å²) in [5, 5.41) is 6.29. The average molecular weight is 310 g/mol. The summed E-state index contributed by atoms with van der Waals surface area (Å²) < 4.78 is 0. The van der Waals surface area contributed by atoms with Crippen molar-refractivity contribution >= 4 is 24.0 Å². The van der Waals surface area contributed by atoms with Crippen molar-refractivity contribution in [2.45, 2.75) is 26.3 Å². The van der Waals surface area contributed by atoms with Crippen LogP contribution in [0, 0.1) is 5.41 Å². The van der Waals surface area contributed by atoms with Crippen molar-refractivity contribution < 1.29 is 4.79 Å². The van der Waals surface area contributed by atoms with Gasteiger partial charge in [0.05, 0.1) is 5.41 Å². The van der Waals surface area contributed by atoms with E-state index in [0.29, 0.717) is 0 Å². The summed E-state index contributed by atoms with van der Waals surface area (Å²) in [6.07, 6.45) is 2.06. The van der Waals surface area contributed by atoms with Gasteiger partial charge in [-0.05, 0) is 37.4 Å². The molecule has 1 amide bonds. The van der Waals surface area contributed by atoms with Gasteiger partial charge in [-0.1, -0.05) is 18.2 Å². The van der Waals surface area contributed by atoms with Gasteiger partial charge in [-0.15, -0.1) is 12.4 Å². The number of benzene rings is 1. The number of likely N-dealkylation sites (tertiary alicyclic amines) is 1. The fourth-order valence-electron chi connectivity index (χ4n) is 3.46. The lowest BCUT2D eigenvalue weighted by Crippen LogP contribution is -2.39. The maximum Gasteiger partial charge on any atom is 0.227 e. The van der Waals surface area contributed by atoms with E-state index in [1.54, 1.807) is 7.05 Å². The molecule has 21 heavy (non-hydrogen) atoms. The Morgan fingerprint density at radius 2 is 2.29 bits per heavy atom. The molecule has 1 saturated heterocycles. The molecule has 1 fully saturated rings.